The highest BCUT2D eigenvalue weighted by molar-refractivity contribution is 5.82. The van der Waals surface area contributed by atoms with Gasteiger partial charge in [-0.15, -0.1) is 0 Å². The summed E-state index contributed by atoms with van der Waals surface area (Å²) < 4.78 is 18.7. The van der Waals surface area contributed by atoms with E-state index in [1.54, 1.807) is 6.07 Å². The van der Waals surface area contributed by atoms with Gasteiger partial charge in [0.15, 0.2) is 6.10 Å². The molecule has 1 heterocycles. The van der Waals surface area contributed by atoms with Crippen LogP contribution in [0.4, 0.5) is 10.1 Å². The van der Waals surface area contributed by atoms with Crippen LogP contribution < -0.4 is 11.1 Å². The van der Waals surface area contributed by atoms with Crippen molar-refractivity contribution in [2.24, 2.45) is 0 Å². The van der Waals surface area contributed by atoms with Crippen molar-refractivity contribution >= 4 is 11.6 Å². The predicted octanol–water partition coefficient (Wildman–Crippen LogP) is 0.595. The standard InChI is InChI=1S/C10H11FN2O2/c11-8-5-6(12)1-2-7(8)9-10(14)13-3-4-15-9/h1-2,5,9H,3-4,12H2,(H,13,14). The molecule has 1 amide bonds. The second-order valence-electron chi connectivity index (χ2n) is 3.32. The second-order valence-corrected chi connectivity index (χ2v) is 3.32. The molecule has 1 fully saturated rings. The Hall–Kier alpha value is -1.62. The Kier molecular flexibility index (Phi) is 2.55. The van der Waals surface area contributed by atoms with Crippen LogP contribution in [0.1, 0.15) is 11.7 Å². The molecule has 1 aliphatic rings. The van der Waals surface area contributed by atoms with E-state index in [4.69, 9.17) is 10.5 Å². The number of morpholine rings is 1. The van der Waals surface area contributed by atoms with Crippen molar-refractivity contribution in [1.82, 2.24) is 5.32 Å². The number of rotatable bonds is 1. The van der Waals surface area contributed by atoms with Crippen molar-refractivity contribution in [3.05, 3.63) is 29.6 Å². The van der Waals surface area contributed by atoms with Gasteiger partial charge in [-0.1, -0.05) is 6.07 Å². The Labute approximate surface area is 86.2 Å². The summed E-state index contributed by atoms with van der Waals surface area (Å²) in [6.45, 7) is 0.853. The van der Waals surface area contributed by atoms with E-state index < -0.39 is 11.9 Å². The molecule has 2 rings (SSSR count). The number of carbonyl (C=O) groups excluding carboxylic acids is 1. The molecular formula is C10H11FN2O2. The molecule has 0 spiro atoms. The molecule has 1 unspecified atom stereocenters. The van der Waals surface area contributed by atoms with Crippen LogP contribution >= 0.6 is 0 Å². The number of nitrogens with two attached hydrogens (primary N) is 1. The number of hydrogen-bond donors (Lipinski definition) is 2. The summed E-state index contributed by atoms with van der Waals surface area (Å²) in [7, 11) is 0. The average Bonchev–Trinajstić information content (AvgIpc) is 2.20. The van der Waals surface area contributed by atoms with Crippen LogP contribution in [0.5, 0.6) is 0 Å². The zero-order chi connectivity index (χ0) is 10.8. The van der Waals surface area contributed by atoms with Crippen LogP contribution in [0.2, 0.25) is 0 Å². The first kappa shape index (κ1) is 9.92. The first-order valence-corrected chi connectivity index (χ1v) is 4.63. The normalized spacial score (nSPS) is 21.1. The highest BCUT2D eigenvalue weighted by atomic mass is 19.1. The second kappa shape index (κ2) is 3.86. The summed E-state index contributed by atoms with van der Waals surface area (Å²) in [4.78, 5) is 11.4. The van der Waals surface area contributed by atoms with Crippen LogP contribution in [-0.4, -0.2) is 19.1 Å². The maximum Gasteiger partial charge on any atom is 0.253 e. The smallest absolute Gasteiger partial charge is 0.253 e. The van der Waals surface area contributed by atoms with Gasteiger partial charge in [-0.2, -0.15) is 0 Å². The zero-order valence-electron chi connectivity index (χ0n) is 8.00. The van der Waals surface area contributed by atoms with Crippen molar-refractivity contribution in [3.63, 3.8) is 0 Å². The molecule has 1 aliphatic heterocycles. The van der Waals surface area contributed by atoms with E-state index in [2.05, 4.69) is 5.32 Å². The first-order chi connectivity index (χ1) is 7.18. The number of anilines is 1. The monoisotopic (exact) mass is 210 g/mol. The summed E-state index contributed by atoms with van der Waals surface area (Å²) in [5.41, 5.74) is 5.96. The quantitative estimate of drug-likeness (QED) is 0.667. The van der Waals surface area contributed by atoms with Gasteiger partial charge in [0.05, 0.1) is 6.61 Å². The topological polar surface area (TPSA) is 64.3 Å². The molecule has 80 valence electrons. The van der Waals surface area contributed by atoms with Crippen molar-refractivity contribution in [2.45, 2.75) is 6.10 Å². The Balaban J connectivity index is 2.31. The van der Waals surface area contributed by atoms with E-state index in [1.165, 1.54) is 12.1 Å². The van der Waals surface area contributed by atoms with E-state index in [0.29, 0.717) is 18.8 Å². The molecule has 0 aliphatic carbocycles. The van der Waals surface area contributed by atoms with Crippen molar-refractivity contribution < 1.29 is 13.9 Å². The Bertz CT molecular complexity index is 395. The molecule has 15 heavy (non-hydrogen) atoms. The molecule has 0 saturated carbocycles. The van der Waals surface area contributed by atoms with E-state index in [9.17, 15) is 9.18 Å². The summed E-state index contributed by atoms with van der Waals surface area (Å²) in [6.07, 6.45) is -0.862. The number of hydrogen-bond acceptors (Lipinski definition) is 3. The fourth-order valence-electron chi connectivity index (χ4n) is 1.51. The molecule has 0 aromatic heterocycles. The Morgan fingerprint density at radius 1 is 1.53 bits per heavy atom. The predicted molar refractivity (Wildman–Crippen MR) is 52.5 cm³/mol. The highest BCUT2D eigenvalue weighted by Crippen LogP contribution is 2.24. The number of nitrogens with one attached hydrogen (secondary N) is 1. The average molecular weight is 210 g/mol. The fourth-order valence-corrected chi connectivity index (χ4v) is 1.51. The lowest BCUT2D eigenvalue weighted by Gasteiger charge is -2.23. The third-order valence-electron chi connectivity index (χ3n) is 2.23. The first-order valence-electron chi connectivity index (χ1n) is 4.63. The number of ether oxygens (including phenoxy) is 1. The van der Waals surface area contributed by atoms with Crippen LogP contribution in [0.15, 0.2) is 18.2 Å². The lowest BCUT2D eigenvalue weighted by atomic mass is 10.1. The lowest BCUT2D eigenvalue weighted by Crippen LogP contribution is -2.39. The minimum absolute atomic E-state index is 0.224. The molecule has 1 atom stereocenters. The minimum atomic E-state index is -0.862. The SMILES string of the molecule is Nc1ccc(C2OCCNC2=O)c(F)c1. The highest BCUT2D eigenvalue weighted by Gasteiger charge is 2.27. The Morgan fingerprint density at radius 3 is 3.00 bits per heavy atom. The van der Waals surface area contributed by atoms with Crippen molar-refractivity contribution in [3.8, 4) is 0 Å². The van der Waals surface area contributed by atoms with Crippen LogP contribution in [0.25, 0.3) is 0 Å². The maximum atomic E-state index is 13.5. The Morgan fingerprint density at radius 2 is 2.33 bits per heavy atom. The van der Waals surface area contributed by atoms with Crippen LogP contribution in [-0.2, 0) is 9.53 Å². The third kappa shape index (κ3) is 1.92. The van der Waals surface area contributed by atoms with Crippen LogP contribution in [0.3, 0.4) is 0 Å². The largest absolute Gasteiger partial charge is 0.399 e. The molecule has 0 bridgehead atoms. The van der Waals surface area contributed by atoms with Gasteiger partial charge in [-0.05, 0) is 12.1 Å². The molecule has 1 aromatic carbocycles. The molecular weight excluding hydrogens is 199 g/mol. The van der Waals surface area contributed by atoms with E-state index >= 15 is 0 Å². The van der Waals surface area contributed by atoms with Gasteiger partial charge >= 0.3 is 0 Å². The van der Waals surface area contributed by atoms with Gasteiger partial charge in [0.2, 0.25) is 0 Å². The van der Waals surface area contributed by atoms with Gasteiger partial charge in [0, 0.05) is 17.8 Å². The summed E-state index contributed by atoms with van der Waals surface area (Å²) >= 11 is 0. The van der Waals surface area contributed by atoms with E-state index in [-0.39, 0.29) is 11.5 Å². The molecule has 4 nitrogen and oxygen atoms in total. The number of benzene rings is 1. The van der Waals surface area contributed by atoms with Gasteiger partial charge in [0.1, 0.15) is 5.82 Å². The van der Waals surface area contributed by atoms with E-state index in [1.807, 2.05) is 0 Å². The molecule has 5 heteroatoms. The minimum Gasteiger partial charge on any atom is -0.399 e. The summed E-state index contributed by atoms with van der Waals surface area (Å²) in [5.74, 6) is -0.832. The number of carbonyl (C=O) groups is 1. The van der Waals surface area contributed by atoms with Crippen molar-refractivity contribution in [1.29, 1.82) is 0 Å². The van der Waals surface area contributed by atoms with Gasteiger partial charge < -0.3 is 15.8 Å². The molecule has 3 N–H and O–H groups in total. The van der Waals surface area contributed by atoms with Gasteiger partial charge in [-0.3, -0.25) is 4.79 Å². The van der Waals surface area contributed by atoms with Gasteiger partial charge in [-0.25, -0.2) is 4.39 Å². The van der Waals surface area contributed by atoms with Gasteiger partial charge in [0.25, 0.3) is 5.91 Å². The van der Waals surface area contributed by atoms with Crippen LogP contribution in [0, 0.1) is 5.82 Å². The van der Waals surface area contributed by atoms with E-state index in [0.717, 1.165) is 0 Å². The molecule has 1 aromatic rings. The zero-order valence-corrected chi connectivity index (χ0v) is 8.00. The lowest BCUT2D eigenvalue weighted by molar-refractivity contribution is -0.138. The fraction of sp³-hybridized carbons (Fsp3) is 0.300. The summed E-state index contributed by atoms with van der Waals surface area (Å²) in [6, 6.07) is 4.20. The third-order valence-corrected chi connectivity index (χ3v) is 2.23. The number of nitrogen functional groups attached to an aromatic ring is 1. The summed E-state index contributed by atoms with van der Waals surface area (Å²) in [5, 5.41) is 2.61. The maximum absolute atomic E-state index is 13.5. The molecule has 1 saturated heterocycles. The number of amides is 1. The van der Waals surface area contributed by atoms with Crippen molar-refractivity contribution in [2.75, 3.05) is 18.9 Å². The number of halogens is 1. The molecule has 0 radical (unpaired) electrons.